The second-order valence-corrected chi connectivity index (χ2v) is 7.93. The van der Waals surface area contributed by atoms with Crippen molar-refractivity contribution in [2.75, 3.05) is 31.1 Å². The van der Waals surface area contributed by atoms with Gasteiger partial charge >= 0.3 is 0 Å². The molecule has 1 saturated heterocycles. The number of thiazole rings is 1. The van der Waals surface area contributed by atoms with E-state index in [1.54, 1.807) is 21.3 Å². The molecule has 0 bridgehead atoms. The average molecular weight is 408 g/mol. The fourth-order valence-electron chi connectivity index (χ4n) is 3.48. The zero-order valence-electron chi connectivity index (χ0n) is 16.0. The zero-order chi connectivity index (χ0) is 19.8. The molecule has 5 rings (SSSR count). The lowest BCUT2D eigenvalue weighted by Crippen LogP contribution is -2.46. The molecule has 0 radical (unpaired) electrons. The molecule has 0 N–H and O–H groups in total. The lowest BCUT2D eigenvalue weighted by Gasteiger charge is -2.34. The number of aryl methyl sites for hydroxylation is 1. The predicted octanol–water partition coefficient (Wildman–Crippen LogP) is 1.36. The highest BCUT2D eigenvalue weighted by molar-refractivity contribution is 7.15. The maximum atomic E-state index is 12.2. The van der Waals surface area contributed by atoms with Gasteiger partial charge in [0.15, 0.2) is 16.6 Å². The maximum Gasteiger partial charge on any atom is 0.258 e. The molecule has 10 heteroatoms. The molecule has 0 atom stereocenters. The van der Waals surface area contributed by atoms with Crippen LogP contribution >= 0.6 is 11.3 Å². The van der Waals surface area contributed by atoms with Gasteiger partial charge in [-0.05, 0) is 25.1 Å². The Kier molecular flexibility index (Phi) is 4.57. The number of hydrogen-bond donors (Lipinski definition) is 0. The summed E-state index contributed by atoms with van der Waals surface area (Å²) in [7, 11) is 0. The Labute approximate surface area is 170 Å². The summed E-state index contributed by atoms with van der Waals surface area (Å²) < 4.78 is 3.31. The Hall–Kier alpha value is -3.11. The minimum absolute atomic E-state index is 0.0207. The third kappa shape index (κ3) is 3.64. The number of anilines is 1. The van der Waals surface area contributed by atoms with Crippen LogP contribution in [0.15, 0.2) is 46.8 Å². The molecule has 0 saturated carbocycles. The molecule has 0 spiro atoms. The van der Waals surface area contributed by atoms with Gasteiger partial charge in [0.25, 0.3) is 5.56 Å². The first-order valence-corrected chi connectivity index (χ1v) is 10.3. The molecular formula is C19H20N8OS. The van der Waals surface area contributed by atoms with Crippen LogP contribution in [0.5, 0.6) is 0 Å². The average Bonchev–Trinajstić information content (AvgIpc) is 3.38. The monoisotopic (exact) mass is 408 g/mol. The van der Waals surface area contributed by atoms with Gasteiger partial charge in [0, 0.05) is 56.6 Å². The van der Waals surface area contributed by atoms with E-state index in [0.717, 1.165) is 48.3 Å². The number of piperazine rings is 1. The molecule has 4 aromatic heterocycles. The number of nitrogens with zero attached hydrogens (tertiary/aromatic N) is 8. The molecule has 1 fully saturated rings. The number of rotatable bonds is 4. The number of aromatic nitrogens is 6. The highest BCUT2D eigenvalue weighted by Crippen LogP contribution is 2.15. The molecule has 29 heavy (non-hydrogen) atoms. The van der Waals surface area contributed by atoms with Crippen LogP contribution in [-0.4, -0.2) is 60.4 Å². The lowest BCUT2D eigenvalue weighted by molar-refractivity contribution is 0.246. The smallest absolute Gasteiger partial charge is 0.258 e. The van der Waals surface area contributed by atoms with Crippen LogP contribution in [0.25, 0.3) is 10.8 Å². The fourth-order valence-corrected chi connectivity index (χ4v) is 4.22. The zero-order valence-corrected chi connectivity index (χ0v) is 16.8. The Morgan fingerprint density at radius 1 is 1.03 bits per heavy atom. The van der Waals surface area contributed by atoms with Gasteiger partial charge in [-0.3, -0.25) is 14.1 Å². The van der Waals surface area contributed by atoms with E-state index in [1.165, 1.54) is 11.3 Å². The molecule has 0 unspecified atom stereocenters. The summed E-state index contributed by atoms with van der Waals surface area (Å²) in [6, 6.07) is 7.50. The van der Waals surface area contributed by atoms with Crippen molar-refractivity contribution in [1.82, 2.24) is 34.3 Å². The van der Waals surface area contributed by atoms with Crippen molar-refractivity contribution in [2.24, 2.45) is 0 Å². The van der Waals surface area contributed by atoms with Gasteiger partial charge < -0.3 is 4.90 Å². The molecule has 1 aliphatic rings. The molecule has 4 aromatic rings. The minimum Gasteiger partial charge on any atom is -0.353 e. The summed E-state index contributed by atoms with van der Waals surface area (Å²) in [5.74, 6) is 1.58. The van der Waals surface area contributed by atoms with Gasteiger partial charge in [-0.15, -0.1) is 21.5 Å². The Morgan fingerprint density at radius 3 is 2.55 bits per heavy atom. The quantitative estimate of drug-likeness (QED) is 0.504. The van der Waals surface area contributed by atoms with Gasteiger partial charge in [-0.1, -0.05) is 0 Å². The second kappa shape index (κ2) is 7.37. The van der Waals surface area contributed by atoms with Crippen molar-refractivity contribution >= 4 is 22.1 Å². The SMILES string of the molecule is Cc1ccn(-c2ccc(N3CCN(Cc4cc(=O)n5ccsc5n4)CC3)nn2)n1. The molecule has 0 aliphatic carbocycles. The second-order valence-electron chi connectivity index (χ2n) is 7.06. The van der Waals surface area contributed by atoms with Crippen LogP contribution in [0.1, 0.15) is 11.4 Å². The summed E-state index contributed by atoms with van der Waals surface area (Å²) >= 11 is 1.48. The summed E-state index contributed by atoms with van der Waals surface area (Å²) in [4.78, 5) is 22.0. The first-order valence-electron chi connectivity index (χ1n) is 9.45. The van der Waals surface area contributed by atoms with Crippen LogP contribution in [-0.2, 0) is 6.54 Å². The first-order chi connectivity index (χ1) is 14.2. The molecule has 5 heterocycles. The molecule has 148 valence electrons. The topological polar surface area (TPSA) is 84.5 Å². The van der Waals surface area contributed by atoms with E-state index in [1.807, 2.05) is 36.7 Å². The molecule has 0 aromatic carbocycles. The van der Waals surface area contributed by atoms with Gasteiger partial charge in [-0.25, -0.2) is 9.67 Å². The maximum absolute atomic E-state index is 12.2. The highest BCUT2D eigenvalue weighted by atomic mass is 32.1. The van der Waals surface area contributed by atoms with E-state index in [2.05, 4.69) is 30.1 Å². The fraction of sp³-hybridized carbons (Fsp3) is 0.316. The van der Waals surface area contributed by atoms with E-state index in [0.29, 0.717) is 12.4 Å². The van der Waals surface area contributed by atoms with Crippen LogP contribution in [0.3, 0.4) is 0 Å². The summed E-state index contributed by atoms with van der Waals surface area (Å²) in [6.07, 6.45) is 3.64. The van der Waals surface area contributed by atoms with E-state index in [4.69, 9.17) is 0 Å². The molecular weight excluding hydrogens is 388 g/mol. The van der Waals surface area contributed by atoms with Gasteiger partial charge in [-0.2, -0.15) is 5.10 Å². The highest BCUT2D eigenvalue weighted by Gasteiger charge is 2.19. The van der Waals surface area contributed by atoms with Crippen molar-refractivity contribution in [1.29, 1.82) is 0 Å². The first kappa shape index (κ1) is 18.0. The standard InChI is InChI=1S/C19H20N8OS/c1-14-4-5-27(23-14)17-3-2-16(21-22-17)25-8-6-24(7-9-25)13-15-12-18(28)26-10-11-29-19(26)20-15/h2-5,10-12H,6-9,13H2,1H3. The Morgan fingerprint density at radius 2 is 1.83 bits per heavy atom. The third-order valence-corrected chi connectivity index (χ3v) is 5.79. The van der Waals surface area contributed by atoms with Crippen LogP contribution in [0.4, 0.5) is 5.82 Å². The molecule has 0 amide bonds. The van der Waals surface area contributed by atoms with Crippen LogP contribution in [0, 0.1) is 6.92 Å². The Balaban J connectivity index is 1.22. The van der Waals surface area contributed by atoms with Crippen molar-refractivity contribution in [3.05, 3.63) is 63.8 Å². The van der Waals surface area contributed by atoms with Gasteiger partial charge in [0.05, 0.1) is 11.4 Å². The predicted molar refractivity (Wildman–Crippen MR) is 111 cm³/mol. The van der Waals surface area contributed by atoms with Crippen molar-refractivity contribution < 1.29 is 0 Å². The van der Waals surface area contributed by atoms with E-state index >= 15 is 0 Å². The summed E-state index contributed by atoms with van der Waals surface area (Å²) in [5.41, 5.74) is 1.75. The summed E-state index contributed by atoms with van der Waals surface area (Å²) in [5, 5.41) is 14.9. The van der Waals surface area contributed by atoms with Crippen molar-refractivity contribution in [2.45, 2.75) is 13.5 Å². The van der Waals surface area contributed by atoms with Crippen LogP contribution < -0.4 is 10.5 Å². The molecule has 1 aliphatic heterocycles. The normalized spacial score (nSPS) is 15.3. The largest absolute Gasteiger partial charge is 0.353 e. The minimum atomic E-state index is -0.0207. The number of fused-ring (bicyclic) bond motifs is 1. The molecule has 9 nitrogen and oxygen atoms in total. The lowest BCUT2D eigenvalue weighted by atomic mass is 10.2. The number of hydrogen-bond acceptors (Lipinski definition) is 8. The van der Waals surface area contributed by atoms with E-state index < -0.39 is 0 Å². The van der Waals surface area contributed by atoms with Crippen LogP contribution in [0.2, 0.25) is 0 Å². The van der Waals surface area contributed by atoms with E-state index in [-0.39, 0.29) is 5.56 Å². The van der Waals surface area contributed by atoms with Crippen molar-refractivity contribution in [3.8, 4) is 5.82 Å². The Bertz CT molecular complexity index is 1190. The van der Waals surface area contributed by atoms with Gasteiger partial charge in [0.2, 0.25) is 0 Å². The van der Waals surface area contributed by atoms with Gasteiger partial charge in [0.1, 0.15) is 0 Å². The van der Waals surface area contributed by atoms with E-state index in [9.17, 15) is 4.79 Å². The third-order valence-electron chi connectivity index (χ3n) is 5.03. The summed E-state index contributed by atoms with van der Waals surface area (Å²) in [6.45, 7) is 6.11. The van der Waals surface area contributed by atoms with Crippen molar-refractivity contribution in [3.63, 3.8) is 0 Å².